The molecule has 140 valence electrons. The number of amides is 1. The molecule has 1 fully saturated rings. The molecule has 0 saturated carbocycles. The summed E-state index contributed by atoms with van der Waals surface area (Å²) in [5, 5.41) is 7.35. The number of nitrogen functional groups attached to an aromatic ring is 1. The lowest BCUT2D eigenvalue weighted by Crippen LogP contribution is -2.53. The van der Waals surface area contributed by atoms with Crippen LogP contribution in [0.15, 0.2) is 18.5 Å². The number of anilines is 2. The molecule has 3 rings (SSSR count). The lowest BCUT2D eigenvalue weighted by Gasteiger charge is -2.39. The number of rotatable bonds is 4. The molecular formula is C17H25N7O2. The van der Waals surface area contributed by atoms with Gasteiger partial charge in [-0.15, -0.1) is 0 Å². The van der Waals surface area contributed by atoms with Crippen molar-refractivity contribution in [1.29, 1.82) is 0 Å². The van der Waals surface area contributed by atoms with E-state index in [4.69, 9.17) is 10.5 Å². The fourth-order valence-electron chi connectivity index (χ4n) is 2.65. The zero-order chi connectivity index (χ0) is 18.9. The van der Waals surface area contributed by atoms with E-state index in [0.717, 1.165) is 11.3 Å². The Balaban J connectivity index is 1.52. The van der Waals surface area contributed by atoms with Gasteiger partial charge in [-0.2, -0.15) is 5.10 Å². The molecule has 0 radical (unpaired) electrons. The number of carbonyl (C=O) groups is 1. The number of ether oxygens (including phenoxy) is 1. The second-order valence-corrected chi connectivity index (χ2v) is 7.46. The first-order chi connectivity index (χ1) is 12.2. The summed E-state index contributed by atoms with van der Waals surface area (Å²) in [6.45, 7) is 7.61. The average Bonchev–Trinajstić information content (AvgIpc) is 2.84. The summed E-state index contributed by atoms with van der Waals surface area (Å²) < 4.78 is 6.95. The molecule has 2 aromatic heterocycles. The predicted molar refractivity (Wildman–Crippen MR) is 98.4 cm³/mol. The maximum Gasteiger partial charge on any atom is 0.410 e. The van der Waals surface area contributed by atoms with E-state index in [2.05, 4.69) is 20.4 Å². The first-order valence-corrected chi connectivity index (χ1v) is 8.55. The van der Waals surface area contributed by atoms with Crippen molar-refractivity contribution in [1.82, 2.24) is 24.6 Å². The number of nitrogens with zero attached hydrogens (tertiary/aromatic N) is 5. The minimum atomic E-state index is -0.469. The van der Waals surface area contributed by atoms with Gasteiger partial charge < -0.3 is 20.7 Å². The van der Waals surface area contributed by atoms with Crippen molar-refractivity contribution in [2.45, 2.75) is 26.4 Å². The molecule has 1 amide bonds. The summed E-state index contributed by atoms with van der Waals surface area (Å²) in [4.78, 5) is 22.4. The van der Waals surface area contributed by atoms with Gasteiger partial charge in [0.25, 0.3) is 0 Å². The van der Waals surface area contributed by atoms with Crippen LogP contribution in [0.2, 0.25) is 0 Å². The van der Waals surface area contributed by atoms with Crippen LogP contribution in [0.3, 0.4) is 0 Å². The van der Waals surface area contributed by atoms with Crippen LogP contribution in [-0.2, 0) is 11.8 Å². The van der Waals surface area contributed by atoms with E-state index < -0.39 is 5.60 Å². The fraction of sp³-hybridized carbons (Fsp3) is 0.529. The second kappa shape index (κ2) is 6.81. The van der Waals surface area contributed by atoms with Gasteiger partial charge in [0.1, 0.15) is 11.4 Å². The van der Waals surface area contributed by atoms with Crippen LogP contribution in [-0.4, -0.2) is 56.0 Å². The van der Waals surface area contributed by atoms with Gasteiger partial charge in [0.15, 0.2) is 0 Å². The lowest BCUT2D eigenvalue weighted by molar-refractivity contribution is 0.000832. The molecule has 1 aliphatic heterocycles. The molecule has 2 aromatic rings. The Morgan fingerprint density at radius 2 is 2.15 bits per heavy atom. The Morgan fingerprint density at radius 1 is 1.42 bits per heavy atom. The minimum Gasteiger partial charge on any atom is -0.444 e. The van der Waals surface area contributed by atoms with Crippen LogP contribution in [0.25, 0.3) is 11.3 Å². The van der Waals surface area contributed by atoms with Gasteiger partial charge in [-0.1, -0.05) is 0 Å². The smallest absolute Gasteiger partial charge is 0.410 e. The minimum absolute atomic E-state index is 0.265. The molecule has 1 saturated heterocycles. The number of nitrogens with one attached hydrogen (secondary N) is 1. The van der Waals surface area contributed by atoms with E-state index in [0.29, 0.717) is 37.3 Å². The molecule has 3 heterocycles. The van der Waals surface area contributed by atoms with Crippen molar-refractivity contribution in [3.05, 3.63) is 18.5 Å². The summed E-state index contributed by atoms with van der Waals surface area (Å²) in [6.07, 6.45) is 3.11. The maximum atomic E-state index is 11.9. The number of aromatic nitrogens is 4. The third kappa shape index (κ3) is 4.04. The van der Waals surface area contributed by atoms with Crippen LogP contribution < -0.4 is 11.1 Å². The van der Waals surface area contributed by atoms with E-state index in [1.165, 1.54) is 0 Å². The zero-order valence-corrected chi connectivity index (χ0v) is 15.6. The summed E-state index contributed by atoms with van der Waals surface area (Å²) in [7, 11) is 1.78. The lowest BCUT2D eigenvalue weighted by atomic mass is 10.0. The van der Waals surface area contributed by atoms with Gasteiger partial charge in [-0.05, 0) is 26.8 Å². The van der Waals surface area contributed by atoms with Crippen molar-refractivity contribution in [2.75, 3.05) is 30.7 Å². The maximum absolute atomic E-state index is 11.9. The van der Waals surface area contributed by atoms with Gasteiger partial charge in [0.2, 0.25) is 5.95 Å². The summed E-state index contributed by atoms with van der Waals surface area (Å²) >= 11 is 0. The largest absolute Gasteiger partial charge is 0.444 e. The highest BCUT2D eigenvalue weighted by Crippen LogP contribution is 2.24. The number of hydrogen-bond acceptors (Lipinski definition) is 7. The van der Waals surface area contributed by atoms with Crippen LogP contribution in [0.4, 0.5) is 16.6 Å². The molecule has 3 N–H and O–H groups in total. The highest BCUT2D eigenvalue weighted by molar-refractivity contribution is 5.71. The van der Waals surface area contributed by atoms with Crippen molar-refractivity contribution >= 4 is 17.9 Å². The van der Waals surface area contributed by atoms with Crippen LogP contribution >= 0.6 is 0 Å². The Kier molecular flexibility index (Phi) is 4.71. The van der Waals surface area contributed by atoms with Crippen LogP contribution in [0, 0.1) is 5.92 Å². The highest BCUT2D eigenvalue weighted by Gasteiger charge is 2.33. The number of aryl methyl sites for hydroxylation is 1. The molecule has 26 heavy (non-hydrogen) atoms. The Morgan fingerprint density at radius 3 is 2.77 bits per heavy atom. The van der Waals surface area contributed by atoms with E-state index >= 15 is 0 Å². The van der Waals surface area contributed by atoms with Crippen LogP contribution in [0.5, 0.6) is 0 Å². The van der Waals surface area contributed by atoms with E-state index in [1.54, 1.807) is 35.1 Å². The number of nitrogens with two attached hydrogens (primary N) is 1. The van der Waals surface area contributed by atoms with Crippen molar-refractivity contribution in [3.63, 3.8) is 0 Å². The molecule has 1 aliphatic rings. The fourth-order valence-corrected chi connectivity index (χ4v) is 2.65. The van der Waals surface area contributed by atoms with Gasteiger partial charge in [-0.25, -0.2) is 14.8 Å². The monoisotopic (exact) mass is 359 g/mol. The molecular weight excluding hydrogens is 334 g/mol. The average molecular weight is 359 g/mol. The van der Waals surface area contributed by atoms with Crippen molar-refractivity contribution in [3.8, 4) is 11.3 Å². The first-order valence-electron chi connectivity index (χ1n) is 8.55. The molecule has 0 unspecified atom stereocenters. The SMILES string of the molecule is Cn1ncc(-c2ccnc(NCC3CN(C(=O)OC(C)(C)C)C3)n2)c1N. The third-order valence-corrected chi connectivity index (χ3v) is 4.07. The molecule has 0 atom stereocenters. The quantitative estimate of drug-likeness (QED) is 0.855. The zero-order valence-electron chi connectivity index (χ0n) is 15.6. The molecule has 0 spiro atoms. The Labute approximate surface area is 152 Å². The molecule has 9 heteroatoms. The number of hydrogen-bond donors (Lipinski definition) is 2. The van der Waals surface area contributed by atoms with Gasteiger partial charge in [-0.3, -0.25) is 4.68 Å². The second-order valence-electron chi connectivity index (χ2n) is 7.46. The van der Waals surface area contributed by atoms with Gasteiger partial charge in [0.05, 0.1) is 17.5 Å². The predicted octanol–water partition coefficient (Wildman–Crippen LogP) is 1.74. The first kappa shape index (κ1) is 18.0. The van der Waals surface area contributed by atoms with Crippen molar-refractivity contribution < 1.29 is 9.53 Å². The molecule has 9 nitrogen and oxygen atoms in total. The van der Waals surface area contributed by atoms with Crippen molar-refractivity contribution in [2.24, 2.45) is 13.0 Å². The van der Waals surface area contributed by atoms with E-state index in [-0.39, 0.29) is 6.09 Å². The number of likely N-dealkylation sites (tertiary alicyclic amines) is 1. The van der Waals surface area contributed by atoms with Crippen LogP contribution in [0.1, 0.15) is 20.8 Å². The highest BCUT2D eigenvalue weighted by atomic mass is 16.6. The molecule has 0 aromatic carbocycles. The number of carbonyl (C=O) groups excluding carboxylic acids is 1. The van der Waals surface area contributed by atoms with E-state index in [9.17, 15) is 4.79 Å². The molecule has 0 aliphatic carbocycles. The van der Waals surface area contributed by atoms with Gasteiger partial charge >= 0.3 is 6.09 Å². The van der Waals surface area contributed by atoms with E-state index in [1.807, 2.05) is 20.8 Å². The topological polar surface area (TPSA) is 111 Å². The Bertz CT molecular complexity index is 791. The molecule has 0 bridgehead atoms. The standard InChI is InChI=1S/C17H25N7O2/c1-17(2,3)26-16(25)24-9-11(10-24)7-20-15-19-6-5-13(22-15)12-8-21-23(4)14(12)18/h5-6,8,11H,7,9-10,18H2,1-4H3,(H,19,20,22). The summed E-state index contributed by atoms with van der Waals surface area (Å²) in [6, 6.07) is 1.80. The summed E-state index contributed by atoms with van der Waals surface area (Å²) in [5.41, 5.74) is 7.02. The third-order valence-electron chi connectivity index (χ3n) is 4.07. The summed E-state index contributed by atoms with van der Waals surface area (Å²) in [5.74, 6) is 1.43. The normalized spacial score (nSPS) is 14.8. The Hall–Kier alpha value is -2.84. The van der Waals surface area contributed by atoms with Gasteiger partial charge in [0, 0.05) is 38.8 Å².